The largest absolute Gasteiger partial charge is 0.472 e. The van der Waals surface area contributed by atoms with Gasteiger partial charge in [-0.15, -0.1) is 0 Å². The molecule has 0 fully saturated rings. The van der Waals surface area contributed by atoms with Crippen molar-refractivity contribution >= 4 is 39.5 Å². The van der Waals surface area contributed by atoms with Crippen LogP contribution in [0.2, 0.25) is 0 Å². The van der Waals surface area contributed by atoms with Gasteiger partial charge in [0.05, 0.1) is 26.4 Å². The molecule has 0 aromatic carbocycles. The summed E-state index contributed by atoms with van der Waals surface area (Å²) in [5.74, 6) is -2.21. The van der Waals surface area contributed by atoms with Crippen LogP contribution in [-0.4, -0.2) is 96.7 Å². The van der Waals surface area contributed by atoms with Crippen molar-refractivity contribution in [3.8, 4) is 0 Å². The Balaban J connectivity index is 5.34. The summed E-state index contributed by atoms with van der Waals surface area (Å²) in [6, 6.07) is 0. The molecule has 5 unspecified atom stereocenters. The fourth-order valence-electron chi connectivity index (χ4n) is 10.6. The third-order valence-electron chi connectivity index (χ3n) is 16.7. The minimum atomic E-state index is -4.98. The molecule has 0 rings (SSSR count). The molecular weight excluding hydrogens is 1330 g/mol. The number of phosphoric ester groups is 2. The average Bonchev–Trinajstić information content (AvgIpc) is 0.907. The predicted octanol–water partition coefficient (Wildman–Crippen LogP) is 23.3. The van der Waals surface area contributed by atoms with Crippen molar-refractivity contribution in [1.82, 2.24) is 0 Å². The van der Waals surface area contributed by atoms with Gasteiger partial charge in [-0.3, -0.25) is 37.3 Å². The van der Waals surface area contributed by atoms with Gasteiger partial charge in [-0.1, -0.05) is 272 Å². The van der Waals surface area contributed by atoms with Crippen LogP contribution in [0.4, 0.5) is 0 Å². The average molecular weight is 1480 g/mol. The molecular formula is C83H144O17P2. The van der Waals surface area contributed by atoms with Crippen LogP contribution in [0.15, 0.2) is 109 Å². The van der Waals surface area contributed by atoms with Crippen molar-refractivity contribution in [2.24, 2.45) is 0 Å². The van der Waals surface area contributed by atoms with E-state index in [9.17, 15) is 43.2 Å². The fraction of sp³-hybridized carbons (Fsp3) is 0.735. The Bertz CT molecular complexity index is 2360. The Morgan fingerprint density at radius 2 is 0.529 bits per heavy atom. The molecule has 588 valence electrons. The number of ether oxygens (including phenoxy) is 4. The fourth-order valence-corrected chi connectivity index (χ4v) is 12.1. The highest BCUT2D eigenvalue weighted by atomic mass is 31.2. The first-order chi connectivity index (χ1) is 49.7. The zero-order chi connectivity index (χ0) is 74.6. The van der Waals surface area contributed by atoms with E-state index in [4.69, 9.17) is 37.0 Å². The van der Waals surface area contributed by atoms with E-state index in [0.29, 0.717) is 25.7 Å². The summed E-state index contributed by atoms with van der Waals surface area (Å²) in [5.41, 5.74) is 0. The van der Waals surface area contributed by atoms with Gasteiger partial charge in [0.25, 0.3) is 0 Å². The molecule has 0 radical (unpaired) electrons. The Kier molecular flexibility index (Phi) is 71.8. The third-order valence-corrected chi connectivity index (χ3v) is 18.6. The third kappa shape index (κ3) is 74.0. The van der Waals surface area contributed by atoms with E-state index in [1.54, 1.807) is 0 Å². The van der Waals surface area contributed by atoms with Crippen molar-refractivity contribution in [1.29, 1.82) is 0 Å². The predicted molar refractivity (Wildman–Crippen MR) is 418 cm³/mol. The number of carbonyl (C=O) groups is 4. The Hall–Kier alpha value is -4.28. The smallest absolute Gasteiger partial charge is 0.462 e. The standard InChI is InChI=1S/C83H144O17P2/c1-5-9-13-17-21-25-29-33-35-37-38-40-42-46-48-52-56-60-64-68-81(86)94-74-79(100-83(88)70-66-62-58-54-50-44-32-28-24-20-16-12-8-4)76-98-102(91,92)96-72-77(84)71-95-101(89,90)97-75-78(99-82(87)69-65-61-57-53-49-43-31-27-23-19-15-11-7-3)73-93-80(85)67-63-59-55-51-47-45-41-39-36-34-30-26-22-18-14-10-6-2/h10,14,16,20-22,25-28,31-36,38,40,77-79,84H,5-9,11-13,15,17-19,23-24,29-30,37,39,41-76H2,1-4H3,(H,89,90)(H,91,92)/b14-10-,20-16-,25-21-,26-22-,31-27-,32-28-,35-33-,36-34-,40-38-. The van der Waals surface area contributed by atoms with Crippen LogP contribution in [0.1, 0.15) is 336 Å². The lowest BCUT2D eigenvalue weighted by molar-refractivity contribution is -0.161. The second-order valence-corrected chi connectivity index (χ2v) is 29.5. The second-order valence-electron chi connectivity index (χ2n) is 26.6. The number of hydrogen-bond donors (Lipinski definition) is 3. The molecule has 0 aliphatic carbocycles. The summed E-state index contributed by atoms with van der Waals surface area (Å²) in [6.45, 7) is 4.64. The summed E-state index contributed by atoms with van der Waals surface area (Å²) in [6.07, 6.45) is 80.6. The number of hydrogen-bond acceptors (Lipinski definition) is 15. The maximum Gasteiger partial charge on any atom is 0.472 e. The molecule has 0 saturated carbocycles. The van der Waals surface area contributed by atoms with Crippen molar-refractivity contribution in [3.05, 3.63) is 109 Å². The van der Waals surface area contributed by atoms with E-state index >= 15 is 0 Å². The van der Waals surface area contributed by atoms with E-state index < -0.39 is 97.5 Å². The van der Waals surface area contributed by atoms with Gasteiger partial charge < -0.3 is 33.8 Å². The first-order valence-corrected chi connectivity index (χ1v) is 43.1. The van der Waals surface area contributed by atoms with Gasteiger partial charge in [0.1, 0.15) is 19.3 Å². The first-order valence-electron chi connectivity index (χ1n) is 40.1. The lowest BCUT2D eigenvalue weighted by Crippen LogP contribution is -2.30. The van der Waals surface area contributed by atoms with Crippen molar-refractivity contribution in [2.45, 2.75) is 354 Å². The minimum Gasteiger partial charge on any atom is -0.462 e. The molecule has 0 aromatic heterocycles. The zero-order valence-corrected chi connectivity index (χ0v) is 66.0. The number of unbranched alkanes of at least 4 members (excludes halogenated alkanes) is 31. The van der Waals surface area contributed by atoms with Crippen LogP contribution in [0.5, 0.6) is 0 Å². The molecule has 0 aliphatic heterocycles. The van der Waals surface area contributed by atoms with Crippen molar-refractivity contribution < 1.29 is 80.2 Å². The van der Waals surface area contributed by atoms with Gasteiger partial charge in [0.2, 0.25) is 0 Å². The maximum absolute atomic E-state index is 13.1. The maximum atomic E-state index is 13.1. The summed E-state index contributed by atoms with van der Waals surface area (Å²) < 4.78 is 68.6. The molecule has 0 bridgehead atoms. The van der Waals surface area contributed by atoms with Crippen LogP contribution < -0.4 is 0 Å². The molecule has 102 heavy (non-hydrogen) atoms. The molecule has 17 nitrogen and oxygen atoms in total. The van der Waals surface area contributed by atoms with E-state index in [1.807, 2.05) is 0 Å². The quantitative estimate of drug-likeness (QED) is 0.0169. The number of carbonyl (C=O) groups excluding carboxylic acids is 4. The van der Waals surface area contributed by atoms with E-state index in [1.165, 1.54) is 44.9 Å². The van der Waals surface area contributed by atoms with Crippen LogP contribution in [0.3, 0.4) is 0 Å². The molecule has 0 saturated heterocycles. The van der Waals surface area contributed by atoms with E-state index in [0.717, 1.165) is 212 Å². The summed E-state index contributed by atoms with van der Waals surface area (Å²) in [5, 5.41) is 10.6. The molecule has 5 atom stereocenters. The Labute approximate surface area is 619 Å². The van der Waals surface area contributed by atoms with Crippen molar-refractivity contribution in [2.75, 3.05) is 39.6 Å². The van der Waals surface area contributed by atoms with E-state index in [2.05, 4.69) is 137 Å². The minimum absolute atomic E-state index is 0.0748. The summed E-state index contributed by atoms with van der Waals surface area (Å²) in [4.78, 5) is 73.0. The van der Waals surface area contributed by atoms with Gasteiger partial charge in [0.15, 0.2) is 12.2 Å². The summed E-state index contributed by atoms with van der Waals surface area (Å²) >= 11 is 0. The first kappa shape index (κ1) is 97.7. The SMILES string of the molecule is CC/C=C\C/C=C\C/C=C\CCCCCCCCCC(=O)OCC(COP(=O)(O)OCC(O)COP(=O)(O)OCC(COC(=O)CCCCCCCC/C=C\C/C=C\C/C=C\CCCCC)OC(=O)CCCCCCC/C=C\C/C=C\CCC)OC(=O)CCCCCCC/C=C\CCCCCC. The highest BCUT2D eigenvalue weighted by Gasteiger charge is 2.30. The molecule has 0 aliphatic rings. The van der Waals surface area contributed by atoms with Crippen LogP contribution in [0, 0.1) is 0 Å². The molecule has 0 heterocycles. The molecule has 0 spiro atoms. The lowest BCUT2D eigenvalue weighted by atomic mass is 10.1. The number of rotatable bonds is 75. The molecule has 3 N–H and O–H groups in total. The second kappa shape index (κ2) is 75.0. The normalized spacial score (nSPS) is 14.5. The number of allylic oxidation sites excluding steroid dienone is 18. The van der Waals surface area contributed by atoms with Crippen LogP contribution in [0.25, 0.3) is 0 Å². The van der Waals surface area contributed by atoms with Crippen LogP contribution in [-0.2, 0) is 65.4 Å². The molecule has 0 amide bonds. The summed E-state index contributed by atoms with van der Waals surface area (Å²) in [7, 11) is -9.96. The van der Waals surface area contributed by atoms with Crippen molar-refractivity contribution in [3.63, 3.8) is 0 Å². The molecule has 0 aromatic rings. The van der Waals surface area contributed by atoms with Gasteiger partial charge in [-0.25, -0.2) is 9.13 Å². The number of aliphatic hydroxyl groups is 1. The highest BCUT2D eigenvalue weighted by molar-refractivity contribution is 7.47. The number of phosphoric acid groups is 2. The Morgan fingerprint density at radius 3 is 0.853 bits per heavy atom. The highest BCUT2D eigenvalue weighted by Crippen LogP contribution is 2.45. The van der Waals surface area contributed by atoms with Gasteiger partial charge in [0, 0.05) is 25.7 Å². The van der Waals surface area contributed by atoms with Crippen LogP contribution >= 0.6 is 15.6 Å². The monoisotopic (exact) mass is 1470 g/mol. The van der Waals surface area contributed by atoms with E-state index in [-0.39, 0.29) is 25.7 Å². The lowest BCUT2D eigenvalue weighted by Gasteiger charge is -2.21. The topological polar surface area (TPSA) is 237 Å². The van der Waals surface area contributed by atoms with Gasteiger partial charge in [-0.05, 0) is 148 Å². The Morgan fingerprint density at radius 1 is 0.284 bits per heavy atom. The molecule has 19 heteroatoms. The van der Waals surface area contributed by atoms with Gasteiger partial charge >= 0.3 is 39.5 Å². The van der Waals surface area contributed by atoms with Gasteiger partial charge in [-0.2, -0.15) is 0 Å². The number of esters is 4. The number of aliphatic hydroxyl groups excluding tert-OH is 1. The zero-order valence-electron chi connectivity index (χ0n) is 64.3.